The van der Waals surface area contributed by atoms with Crippen molar-refractivity contribution in [3.05, 3.63) is 120 Å². The molecule has 0 spiro atoms. The van der Waals surface area contributed by atoms with Gasteiger partial charge in [0, 0.05) is 6.54 Å². The minimum absolute atomic E-state index is 0.0471. The molecule has 42 heavy (non-hydrogen) atoms. The van der Waals surface area contributed by atoms with Crippen molar-refractivity contribution in [1.29, 1.82) is 0 Å². The van der Waals surface area contributed by atoms with Gasteiger partial charge >= 0.3 is 5.97 Å². The summed E-state index contributed by atoms with van der Waals surface area (Å²) in [6.07, 6.45) is 4.38. The van der Waals surface area contributed by atoms with E-state index in [4.69, 9.17) is 14.6 Å². The Morgan fingerprint density at radius 3 is 2.07 bits per heavy atom. The van der Waals surface area contributed by atoms with Gasteiger partial charge in [-0.15, -0.1) is 0 Å². The van der Waals surface area contributed by atoms with Gasteiger partial charge in [0.25, 0.3) is 0 Å². The average Bonchev–Trinajstić information content (AvgIpc) is 3.02. The molecule has 4 aromatic rings. The lowest BCUT2D eigenvalue weighted by molar-refractivity contribution is -0.137. The number of hydrogen-bond donors (Lipinski definition) is 3. The summed E-state index contributed by atoms with van der Waals surface area (Å²) >= 11 is 0. The van der Waals surface area contributed by atoms with Crippen LogP contribution in [0.15, 0.2) is 103 Å². The molecule has 220 valence electrons. The van der Waals surface area contributed by atoms with E-state index in [0.29, 0.717) is 12.2 Å². The van der Waals surface area contributed by atoms with Crippen molar-refractivity contribution in [2.45, 2.75) is 64.4 Å². The summed E-state index contributed by atoms with van der Waals surface area (Å²) in [5, 5.41) is 22.0. The predicted octanol–water partition coefficient (Wildman–Crippen LogP) is 8.08. The minimum atomic E-state index is -0.920. The number of ether oxygens (including phenoxy) is 2. The largest absolute Gasteiger partial charge is 0.489 e. The van der Waals surface area contributed by atoms with E-state index in [1.165, 1.54) is 24.0 Å². The van der Waals surface area contributed by atoms with Crippen molar-refractivity contribution < 1.29 is 24.5 Å². The third kappa shape index (κ3) is 9.75. The van der Waals surface area contributed by atoms with Crippen molar-refractivity contribution >= 4 is 5.97 Å². The Morgan fingerprint density at radius 2 is 1.40 bits per heavy atom. The molecule has 2 atom stereocenters. The molecule has 0 heterocycles. The monoisotopic (exact) mass is 567 g/mol. The summed E-state index contributed by atoms with van der Waals surface area (Å²) in [4.78, 5) is 10.7. The molecule has 0 aromatic heterocycles. The zero-order chi connectivity index (χ0) is 29.6. The predicted molar refractivity (Wildman–Crippen MR) is 166 cm³/mol. The lowest BCUT2D eigenvalue weighted by atomic mass is 10.0. The first-order chi connectivity index (χ1) is 20.5. The summed E-state index contributed by atoms with van der Waals surface area (Å²) < 4.78 is 12.5. The Labute approximate surface area is 249 Å². The number of aliphatic hydroxyl groups is 1. The number of carbonyl (C=O) groups is 1. The quantitative estimate of drug-likeness (QED) is 0.0883. The molecule has 0 aliphatic rings. The van der Waals surface area contributed by atoms with Crippen molar-refractivity contribution in [2.75, 3.05) is 6.54 Å². The van der Waals surface area contributed by atoms with Crippen LogP contribution >= 0.6 is 0 Å². The summed E-state index contributed by atoms with van der Waals surface area (Å²) in [5.41, 5.74) is 5.20. The highest BCUT2D eigenvalue weighted by Gasteiger charge is 2.15. The number of benzene rings is 4. The van der Waals surface area contributed by atoms with Gasteiger partial charge in [-0.2, -0.15) is 0 Å². The first-order valence-electron chi connectivity index (χ1n) is 14.8. The first kappa shape index (κ1) is 30.8. The summed E-state index contributed by atoms with van der Waals surface area (Å²) in [6.45, 7) is 2.88. The molecular weight excluding hydrogens is 526 g/mol. The molecule has 6 nitrogen and oxygen atoms in total. The van der Waals surface area contributed by atoms with Crippen LogP contribution in [0.3, 0.4) is 0 Å². The number of hydrogen-bond acceptors (Lipinski definition) is 5. The Bertz CT molecular complexity index is 1340. The van der Waals surface area contributed by atoms with E-state index in [2.05, 4.69) is 48.6 Å². The number of nitrogens with one attached hydrogen (secondary N) is 1. The van der Waals surface area contributed by atoms with Gasteiger partial charge in [-0.1, -0.05) is 105 Å². The normalized spacial score (nSPS) is 12.4. The molecule has 0 fully saturated rings. The van der Waals surface area contributed by atoms with Gasteiger partial charge in [-0.3, -0.25) is 10.1 Å². The summed E-state index contributed by atoms with van der Waals surface area (Å²) in [6, 6.07) is 34.2. The van der Waals surface area contributed by atoms with E-state index in [0.717, 1.165) is 41.9 Å². The van der Waals surface area contributed by atoms with Crippen LogP contribution in [-0.4, -0.2) is 22.7 Å². The fourth-order valence-corrected chi connectivity index (χ4v) is 4.75. The van der Waals surface area contributed by atoms with E-state index in [9.17, 15) is 9.90 Å². The lowest BCUT2D eigenvalue weighted by Crippen LogP contribution is -2.23. The van der Waals surface area contributed by atoms with Crippen molar-refractivity contribution in [3.63, 3.8) is 0 Å². The smallest absolute Gasteiger partial charge is 0.304 e. The van der Waals surface area contributed by atoms with Gasteiger partial charge in [0.15, 0.2) is 0 Å². The van der Waals surface area contributed by atoms with Crippen LogP contribution in [0.2, 0.25) is 0 Å². The van der Waals surface area contributed by atoms with Crippen LogP contribution in [0, 0.1) is 0 Å². The van der Waals surface area contributed by atoms with Crippen molar-refractivity contribution in [1.82, 2.24) is 5.32 Å². The van der Waals surface area contributed by atoms with Crippen LogP contribution in [0.1, 0.15) is 74.5 Å². The van der Waals surface area contributed by atoms with E-state index in [1.807, 2.05) is 66.7 Å². The summed E-state index contributed by atoms with van der Waals surface area (Å²) in [5.74, 6) is 0.652. The number of carboxylic acid groups (broad SMARTS) is 1. The van der Waals surface area contributed by atoms with Gasteiger partial charge in [0.2, 0.25) is 0 Å². The zero-order valence-corrected chi connectivity index (χ0v) is 24.2. The van der Waals surface area contributed by atoms with Crippen LogP contribution in [0.5, 0.6) is 11.5 Å². The van der Waals surface area contributed by atoms with Crippen LogP contribution in [0.4, 0.5) is 0 Å². The second kappa shape index (κ2) is 16.3. The van der Waals surface area contributed by atoms with E-state index < -0.39 is 12.2 Å². The Balaban J connectivity index is 1.34. The molecule has 6 heteroatoms. The molecule has 2 unspecified atom stereocenters. The van der Waals surface area contributed by atoms with Crippen LogP contribution in [-0.2, 0) is 11.4 Å². The Hall–Kier alpha value is -4.13. The van der Waals surface area contributed by atoms with Gasteiger partial charge in [0.05, 0.1) is 6.42 Å². The number of aliphatic hydroxyl groups excluding tert-OH is 1. The molecule has 0 aliphatic heterocycles. The van der Waals surface area contributed by atoms with E-state index in [-0.39, 0.29) is 19.1 Å². The topological polar surface area (TPSA) is 88.0 Å². The highest BCUT2D eigenvalue weighted by Crippen LogP contribution is 2.29. The fourth-order valence-electron chi connectivity index (χ4n) is 4.75. The lowest BCUT2D eigenvalue weighted by Gasteiger charge is -2.21. The van der Waals surface area contributed by atoms with Gasteiger partial charge in [-0.25, -0.2) is 0 Å². The maximum absolute atomic E-state index is 10.7. The maximum atomic E-state index is 10.7. The molecule has 0 saturated heterocycles. The Morgan fingerprint density at radius 1 is 0.762 bits per heavy atom. The number of rotatable bonds is 17. The van der Waals surface area contributed by atoms with Crippen LogP contribution < -0.4 is 14.8 Å². The second-order valence-corrected chi connectivity index (χ2v) is 10.4. The maximum Gasteiger partial charge on any atom is 0.304 e. The third-order valence-electron chi connectivity index (χ3n) is 7.19. The van der Waals surface area contributed by atoms with Crippen molar-refractivity contribution in [2.24, 2.45) is 0 Å². The third-order valence-corrected chi connectivity index (χ3v) is 7.19. The van der Waals surface area contributed by atoms with E-state index in [1.54, 1.807) is 0 Å². The number of carboxylic acids is 1. The molecule has 4 rings (SSSR count). The standard InChI is InChI=1S/C36H41NO5/c1-2-3-4-8-11-34(30-16-18-31(19-17-30)36(40)37-25-24-35(38)39)42-33-22-20-32(21-23-33)41-26-27-12-14-29(15-13-27)28-9-6-5-7-10-28/h5-7,9-10,12-23,34,36-37,40H,2-4,8,11,24-26H2,1H3,(H,38,39). The molecular formula is C36H41NO5. The fraction of sp³-hybridized carbons (Fsp3) is 0.306. The van der Waals surface area contributed by atoms with Gasteiger partial charge in [-0.05, 0) is 64.9 Å². The highest BCUT2D eigenvalue weighted by molar-refractivity contribution is 5.66. The highest BCUT2D eigenvalue weighted by atomic mass is 16.5. The molecule has 4 aromatic carbocycles. The molecule has 0 radical (unpaired) electrons. The molecule has 3 N–H and O–H groups in total. The second-order valence-electron chi connectivity index (χ2n) is 10.4. The van der Waals surface area contributed by atoms with Gasteiger partial charge in [0.1, 0.15) is 30.4 Å². The molecule has 0 amide bonds. The van der Waals surface area contributed by atoms with Gasteiger partial charge < -0.3 is 19.7 Å². The number of aliphatic carboxylic acids is 1. The number of unbranched alkanes of at least 4 members (excludes halogenated alkanes) is 3. The first-order valence-corrected chi connectivity index (χ1v) is 14.8. The Kier molecular flexibility index (Phi) is 12.0. The SMILES string of the molecule is CCCCCCC(Oc1ccc(OCc2ccc(-c3ccccc3)cc2)cc1)c1ccc(C(O)NCCC(=O)O)cc1. The average molecular weight is 568 g/mol. The molecule has 0 aliphatic carbocycles. The molecule has 0 saturated carbocycles. The summed E-state index contributed by atoms with van der Waals surface area (Å²) in [7, 11) is 0. The molecule has 0 bridgehead atoms. The van der Waals surface area contributed by atoms with E-state index >= 15 is 0 Å². The van der Waals surface area contributed by atoms with Crippen LogP contribution in [0.25, 0.3) is 11.1 Å². The minimum Gasteiger partial charge on any atom is -0.489 e. The van der Waals surface area contributed by atoms with Crippen molar-refractivity contribution in [3.8, 4) is 22.6 Å². The zero-order valence-electron chi connectivity index (χ0n) is 24.2.